The van der Waals surface area contributed by atoms with Crippen LogP contribution in [0.2, 0.25) is 0 Å². The van der Waals surface area contributed by atoms with E-state index in [0.717, 1.165) is 50.5 Å². The van der Waals surface area contributed by atoms with Crippen molar-refractivity contribution in [3.8, 4) is 0 Å². The molecule has 0 unspecified atom stereocenters. The minimum Gasteiger partial charge on any atom is -0.463 e. The Bertz CT molecular complexity index is 562. The molecule has 2 heterocycles. The predicted molar refractivity (Wildman–Crippen MR) is 81.9 cm³/mol. The zero-order chi connectivity index (χ0) is 13.8. The quantitative estimate of drug-likeness (QED) is 0.816. The molecule has 1 aliphatic heterocycles. The molecule has 1 aromatic carbocycles. The van der Waals surface area contributed by atoms with Crippen LogP contribution in [0.3, 0.4) is 0 Å². The van der Waals surface area contributed by atoms with Crippen molar-refractivity contribution < 1.29 is 4.42 Å². The van der Waals surface area contributed by atoms with Crippen molar-refractivity contribution in [3.05, 3.63) is 53.5 Å². The van der Waals surface area contributed by atoms with Crippen LogP contribution in [-0.2, 0) is 19.5 Å². The average Bonchev–Trinajstić information content (AvgIpc) is 3.08. The normalized spacial score (nSPS) is 13.8. The minimum atomic E-state index is 0.824. The van der Waals surface area contributed by atoms with Crippen molar-refractivity contribution in [2.45, 2.75) is 32.9 Å². The second-order valence-electron chi connectivity index (χ2n) is 5.35. The van der Waals surface area contributed by atoms with Gasteiger partial charge in [-0.05, 0) is 43.1 Å². The Morgan fingerprint density at radius 2 is 2.00 bits per heavy atom. The summed E-state index contributed by atoms with van der Waals surface area (Å²) in [6.07, 6.45) is 2.29. The van der Waals surface area contributed by atoms with Crippen molar-refractivity contribution in [1.82, 2.24) is 5.32 Å². The fourth-order valence-corrected chi connectivity index (χ4v) is 2.75. The van der Waals surface area contributed by atoms with E-state index in [9.17, 15) is 0 Å². The van der Waals surface area contributed by atoms with E-state index in [1.165, 1.54) is 11.3 Å². The van der Waals surface area contributed by atoms with Gasteiger partial charge in [-0.1, -0.05) is 25.1 Å². The van der Waals surface area contributed by atoms with Crippen molar-refractivity contribution in [2.75, 3.05) is 18.0 Å². The summed E-state index contributed by atoms with van der Waals surface area (Å²) in [5, 5.41) is 3.37. The Kier molecular flexibility index (Phi) is 4.07. The molecular formula is C17H22N2O. The highest BCUT2D eigenvalue weighted by Gasteiger charge is 2.19. The Hall–Kier alpha value is -1.74. The minimum absolute atomic E-state index is 0.824. The predicted octanol–water partition coefficient (Wildman–Crippen LogP) is 3.34. The van der Waals surface area contributed by atoms with Crippen LogP contribution in [0, 0.1) is 0 Å². The fraction of sp³-hybridized carbons (Fsp3) is 0.412. The molecule has 20 heavy (non-hydrogen) atoms. The molecule has 0 saturated heterocycles. The number of para-hydroxylation sites is 1. The van der Waals surface area contributed by atoms with E-state index in [1.54, 1.807) is 0 Å². The summed E-state index contributed by atoms with van der Waals surface area (Å²) in [4.78, 5) is 2.40. The highest BCUT2D eigenvalue weighted by Crippen LogP contribution is 2.29. The zero-order valence-electron chi connectivity index (χ0n) is 12.1. The van der Waals surface area contributed by atoms with Gasteiger partial charge >= 0.3 is 0 Å². The third-order valence-corrected chi connectivity index (χ3v) is 3.77. The summed E-state index contributed by atoms with van der Waals surface area (Å²) in [6.45, 7) is 5.99. The number of furan rings is 1. The molecule has 3 heteroatoms. The van der Waals surface area contributed by atoms with E-state index in [4.69, 9.17) is 4.42 Å². The van der Waals surface area contributed by atoms with Crippen LogP contribution in [0.25, 0.3) is 0 Å². The van der Waals surface area contributed by atoms with E-state index in [0.29, 0.717) is 0 Å². The van der Waals surface area contributed by atoms with Gasteiger partial charge in [0.25, 0.3) is 0 Å². The second-order valence-corrected chi connectivity index (χ2v) is 5.35. The van der Waals surface area contributed by atoms with Gasteiger partial charge in [0.15, 0.2) is 0 Å². The average molecular weight is 270 g/mol. The van der Waals surface area contributed by atoms with Crippen LogP contribution in [0.15, 0.2) is 40.8 Å². The molecule has 0 amide bonds. The Labute approximate surface area is 120 Å². The monoisotopic (exact) mass is 270 g/mol. The standard InChI is InChI=1S/C17H22N2O/c1-2-10-18-12-15-7-8-16(20-15)13-19-11-9-14-5-3-4-6-17(14)19/h3-8,18H,2,9-13H2,1H3. The maximum absolute atomic E-state index is 5.90. The van der Waals surface area contributed by atoms with Crippen molar-refractivity contribution >= 4 is 5.69 Å². The fourth-order valence-electron chi connectivity index (χ4n) is 2.75. The molecule has 0 atom stereocenters. The van der Waals surface area contributed by atoms with E-state index in [-0.39, 0.29) is 0 Å². The van der Waals surface area contributed by atoms with Gasteiger partial charge in [0, 0.05) is 12.2 Å². The smallest absolute Gasteiger partial charge is 0.123 e. The number of anilines is 1. The summed E-state index contributed by atoms with van der Waals surface area (Å²) in [6, 6.07) is 12.8. The number of fused-ring (bicyclic) bond motifs is 1. The second kappa shape index (κ2) is 6.14. The van der Waals surface area contributed by atoms with Crippen LogP contribution in [-0.4, -0.2) is 13.1 Å². The lowest BCUT2D eigenvalue weighted by atomic mass is 10.2. The van der Waals surface area contributed by atoms with E-state index >= 15 is 0 Å². The van der Waals surface area contributed by atoms with E-state index < -0.39 is 0 Å². The first-order valence-corrected chi connectivity index (χ1v) is 7.48. The maximum atomic E-state index is 5.90. The topological polar surface area (TPSA) is 28.4 Å². The molecular weight excluding hydrogens is 248 g/mol. The van der Waals surface area contributed by atoms with Crippen LogP contribution in [0.5, 0.6) is 0 Å². The molecule has 0 bridgehead atoms. The Balaban J connectivity index is 1.62. The molecule has 3 nitrogen and oxygen atoms in total. The molecule has 1 aliphatic rings. The molecule has 3 rings (SSSR count). The molecule has 0 saturated carbocycles. The van der Waals surface area contributed by atoms with Gasteiger partial charge in [-0.25, -0.2) is 0 Å². The van der Waals surface area contributed by atoms with Gasteiger partial charge in [0.05, 0.1) is 13.1 Å². The summed E-state index contributed by atoms with van der Waals surface area (Å²) in [5.41, 5.74) is 2.80. The van der Waals surface area contributed by atoms with Crippen LogP contribution in [0.1, 0.15) is 30.4 Å². The highest BCUT2D eigenvalue weighted by molar-refractivity contribution is 5.57. The molecule has 0 radical (unpaired) electrons. The van der Waals surface area contributed by atoms with E-state index in [1.807, 2.05) is 0 Å². The molecule has 1 aromatic heterocycles. The maximum Gasteiger partial charge on any atom is 0.123 e. The summed E-state index contributed by atoms with van der Waals surface area (Å²) < 4.78 is 5.90. The lowest BCUT2D eigenvalue weighted by Crippen LogP contribution is -2.19. The lowest BCUT2D eigenvalue weighted by molar-refractivity contribution is 0.444. The van der Waals surface area contributed by atoms with E-state index in [2.05, 4.69) is 53.5 Å². The third kappa shape index (κ3) is 2.88. The summed E-state index contributed by atoms with van der Waals surface area (Å²) in [5.74, 6) is 2.08. The first kappa shape index (κ1) is 13.3. The Morgan fingerprint density at radius 1 is 1.15 bits per heavy atom. The SMILES string of the molecule is CCCNCc1ccc(CN2CCc3ccccc32)o1. The van der Waals surface area contributed by atoms with Crippen molar-refractivity contribution in [3.63, 3.8) is 0 Å². The van der Waals surface area contributed by atoms with Gasteiger partial charge in [-0.3, -0.25) is 0 Å². The third-order valence-electron chi connectivity index (χ3n) is 3.77. The number of rotatable bonds is 6. The summed E-state index contributed by atoms with van der Waals surface area (Å²) >= 11 is 0. The zero-order valence-corrected chi connectivity index (χ0v) is 12.1. The van der Waals surface area contributed by atoms with Crippen LogP contribution >= 0.6 is 0 Å². The number of nitrogens with zero attached hydrogens (tertiary/aromatic N) is 1. The first-order valence-electron chi connectivity index (χ1n) is 7.48. The largest absolute Gasteiger partial charge is 0.463 e. The van der Waals surface area contributed by atoms with Gasteiger partial charge in [-0.15, -0.1) is 0 Å². The van der Waals surface area contributed by atoms with Gasteiger partial charge in [0.1, 0.15) is 11.5 Å². The molecule has 2 aromatic rings. The van der Waals surface area contributed by atoms with Gasteiger partial charge < -0.3 is 14.6 Å². The van der Waals surface area contributed by atoms with Crippen molar-refractivity contribution in [1.29, 1.82) is 0 Å². The van der Waals surface area contributed by atoms with Gasteiger partial charge in [-0.2, -0.15) is 0 Å². The highest BCUT2D eigenvalue weighted by atomic mass is 16.3. The number of hydrogen-bond acceptors (Lipinski definition) is 3. The molecule has 106 valence electrons. The molecule has 0 fully saturated rings. The molecule has 0 aliphatic carbocycles. The molecule has 0 spiro atoms. The molecule has 1 N–H and O–H groups in total. The Morgan fingerprint density at radius 3 is 2.90 bits per heavy atom. The van der Waals surface area contributed by atoms with Gasteiger partial charge in [0.2, 0.25) is 0 Å². The number of benzene rings is 1. The first-order chi connectivity index (χ1) is 9.86. The lowest BCUT2D eigenvalue weighted by Gasteiger charge is -2.17. The van der Waals surface area contributed by atoms with Crippen molar-refractivity contribution in [2.24, 2.45) is 0 Å². The van der Waals surface area contributed by atoms with Crippen LogP contribution in [0.4, 0.5) is 5.69 Å². The number of nitrogens with one attached hydrogen (secondary N) is 1. The summed E-state index contributed by atoms with van der Waals surface area (Å²) in [7, 11) is 0. The van der Waals surface area contributed by atoms with Crippen LogP contribution < -0.4 is 10.2 Å². The number of hydrogen-bond donors (Lipinski definition) is 1.